The zero-order chi connectivity index (χ0) is 20.1. The van der Waals surface area contributed by atoms with Gasteiger partial charge >= 0.3 is 0 Å². The van der Waals surface area contributed by atoms with Gasteiger partial charge < -0.3 is 4.74 Å². The molecule has 0 aliphatic heterocycles. The number of rotatable bonds is 6. The molecule has 5 nitrogen and oxygen atoms in total. The summed E-state index contributed by atoms with van der Waals surface area (Å²) in [4.78, 5) is 0. The largest absolute Gasteiger partial charge is 0.489 e. The first kappa shape index (κ1) is 18.8. The zero-order valence-electron chi connectivity index (χ0n) is 15.3. The van der Waals surface area contributed by atoms with Crippen LogP contribution in [0.25, 0.3) is 11.4 Å². The highest BCUT2D eigenvalue weighted by atomic mass is 32.1. The molecular formula is C22H17FN4OS. The molecule has 1 heterocycles. The molecule has 4 rings (SSSR count). The van der Waals surface area contributed by atoms with Crippen LogP contribution in [0.4, 0.5) is 4.39 Å². The van der Waals surface area contributed by atoms with Crippen LogP contribution < -0.4 is 4.74 Å². The molecule has 1 N–H and O–H groups in total. The summed E-state index contributed by atoms with van der Waals surface area (Å²) in [5, 5.41) is 11.2. The lowest BCUT2D eigenvalue weighted by Crippen LogP contribution is -1.96. The fourth-order valence-corrected chi connectivity index (χ4v) is 2.91. The molecule has 0 aliphatic carbocycles. The van der Waals surface area contributed by atoms with Gasteiger partial charge in [-0.15, -0.1) is 0 Å². The Hall–Kier alpha value is -3.58. The van der Waals surface area contributed by atoms with E-state index in [2.05, 4.69) is 15.3 Å². The van der Waals surface area contributed by atoms with Crippen LogP contribution in [-0.2, 0) is 6.61 Å². The zero-order valence-corrected chi connectivity index (χ0v) is 16.1. The van der Waals surface area contributed by atoms with Crippen molar-refractivity contribution >= 4 is 18.4 Å². The molecule has 0 radical (unpaired) electrons. The van der Waals surface area contributed by atoms with Crippen LogP contribution >= 0.6 is 12.2 Å². The lowest BCUT2D eigenvalue weighted by Gasteiger charge is -2.06. The number of benzene rings is 3. The highest BCUT2D eigenvalue weighted by Gasteiger charge is 2.08. The van der Waals surface area contributed by atoms with Crippen LogP contribution in [0.2, 0.25) is 0 Å². The molecule has 0 unspecified atom stereocenters. The number of aromatic amines is 1. The van der Waals surface area contributed by atoms with Gasteiger partial charge in [-0.25, -0.2) is 9.49 Å². The second-order valence-electron chi connectivity index (χ2n) is 6.26. The Labute approximate surface area is 172 Å². The van der Waals surface area contributed by atoms with Gasteiger partial charge in [-0.05, 0) is 59.7 Å². The molecule has 4 aromatic rings. The Morgan fingerprint density at radius 1 is 1.03 bits per heavy atom. The summed E-state index contributed by atoms with van der Waals surface area (Å²) in [5.74, 6) is 0.859. The van der Waals surface area contributed by atoms with Gasteiger partial charge in [0.25, 0.3) is 0 Å². The van der Waals surface area contributed by atoms with Crippen molar-refractivity contribution in [2.24, 2.45) is 5.10 Å². The van der Waals surface area contributed by atoms with E-state index in [0.717, 1.165) is 16.9 Å². The van der Waals surface area contributed by atoms with E-state index in [1.807, 2.05) is 54.6 Å². The average Bonchev–Trinajstić information content (AvgIpc) is 3.12. The van der Waals surface area contributed by atoms with Gasteiger partial charge in [0.15, 0.2) is 5.82 Å². The normalized spacial score (nSPS) is 11.1. The molecule has 0 aliphatic rings. The summed E-state index contributed by atoms with van der Waals surface area (Å²) < 4.78 is 21.1. The Bertz CT molecular complexity index is 1180. The van der Waals surface area contributed by atoms with Gasteiger partial charge in [0, 0.05) is 5.56 Å². The van der Waals surface area contributed by atoms with Crippen LogP contribution in [-0.4, -0.2) is 21.1 Å². The quantitative estimate of drug-likeness (QED) is 0.355. The highest BCUT2D eigenvalue weighted by molar-refractivity contribution is 7.71. The Morgan fingerprint density at radius 2 is 1.83 bits per heavy atom. The van der Waals surface area contributed by atoms with Gasteiger partial charge in [-0.1, -0.05) is 42.5 Å². The van der Waals surface area contributed by atoms with Crippen molar-refractivity contribution in [2.45, 2.75) is 6.61 Å². The lowest BCUT2D eigenvalue weighted by atomic mass is 10.2. The van der Waals surface area contributed by atoms with Crippen LogP contribution in [0, 0.1) is 10.6 Å². The lowest BCUT2D eigenvalue weighted by molar-refractivity contribution is 0.306. The third-order valence-corrected chi connectivity index (χ3v) is 4.45. The summed E-state index contributed by atoms with van der Waals surface area (Å²) >= 11 is 5.24. The summed E-state index contributed by atoms with van der Waals surface area (Å²) in [6.07, 6.45) is 1.66. The third-order valence-electron chi connectivity index (χ3n) is 4.18. The van der Waals surface area contributed by atoms with Gasteiger partial charge in [0.05, 0.1) is 6.21 Å². The van der Waals surface area contributed by atoms with E-state index >= 15 is 0 Å². The third kappa shape index (κ3) is 4.64. The first-order chi connectivity index (χ1) is 14.2. The summed E-state index contributed by atoms with van der Waals surface area (Å²) in [7, 11) is 0. The van der Waals surface area contributed by atoms with Crippen molar-refractivity contribution < 1.29 is 9.13 Å². The fourth-order valence-electron chi connectivity index (χ4n) is 2.73. The highest BCUT2D eigenvalue weighted by Crippen LogP contribution is 2.18. The molecule has 3 aromatic carbocycles. The summed E-state index contributed by atoms with van der Waals surface area (Å²) in [6, 6.07) is 23.7. The average molecular weight is 404 g/mol. The number of H-pyrrole nitrogens is 1. The molecule has 0 spiro atoms. The molecule has 0 bridgehead atoms. The van der Waals surface area contributed by atoms with Crippen molar-refractivity contribution in [1.82, 2.24) is 14.9 Å². The topological polar surface area (TPSA) is 55.2 Å². The van der Waals surface area contributed by atoms with E-state index in [1.165, 1.54) is 16.8 Å². The second kappa shape index (κ2) is 8.62. The van der Waals surface area contributed by atoms with Crippen LogP contribution in [0.3, 0.4) is 0 Å². The van der Waals surface area contributed by atoms with E-state index in [4.69, 9.17) is 17.0 Å². The van der Waals surface area contributed by atoms with Crippen molar-refractivity contribution in [1.29, 1.82) is 0 Å². The van der Waals surface area contributed by atoms with E-state index in [0.29, 0.717) is 22.8 Å². The molecule has 7 heteroatoms. The van der Waals surface area contributed by atoms with E-state index < -0.39 is 0 Å². The Balaban J connectivity index is 1.48. The number of hydrogen-bond acceptors (Lipinski definition) is 4. The maximum absolute atomic E-state index is 13.5. The standard InChI is InChI=1S/C22H17FN4OS/c23-19-8-4-7-18(13-19)21-25-26-22(29)27(21)24-14-16-9-11-20(12-10-16)28-15-17-5-2-1-3-6-17/h1-14H,15H2,(H,26,29)/b24-14+. The first-order valence-electron chi connectivity index (χ1n) is 8.93. The minimum Gasteiger partial charge on any atom is -0.489 e. The van der Waals surface area contributed by atoms with Gasteiger partial charge in [0.2, 0.25) is 4.77 Å². The van der Waals surface area contributed by atoms with Crippen molar-refractivity contribution in [2.75, 3.05) is 0 Å². The first-order valence-corrected chi connectivity index (χ1v) is 9.34. The molecule has 144 valence electrons. The van der Waals surface area contributed by atoms with Gasteiger partial charge in [0.1, 0.15) is 18.2 Å². The minimum atomic E-state index is -0.349. The maximum Gasteiger partial charge on any atom is 0.216 e. The molecule has 1 aromatic heterocycles. The molecule has 0 amide bonds. The van der Waals surface area contributed by atoms with Crippen molar-refractivity contribution in [3.05, 3.63) is 101 Å². The number of halogens is 1. The monoisotopic (exact) mass is 404 g/mol. The van der Waals surface area contributed by atoms with Gasteiger partial charge in [-0.3, -0.25) is 0 Å². The molecular weight excluding hydrogens is 387 g/mol. The number of aromatic nitrogens is 3. The Kier molecular flexibility index (Phi) is 5.58. The van der Waals surface area contributed by atoms with Crippen LogP contribution in [0.5, 0.6) is 5.75 Å². The fraction of sp³-hybridized carbons (Fsp3) is 0.0455. The molecule has 29 heavy (non-hydrogen) atoms. The number of nitrogens with one attached hydrogen (secondary N) is 1. The number of nitrogens with zero attached hydrogens (tertiary/aromatic N) is 3. The van der Waals surface area contributed by atoms with Crippen LogP contribution in [0.15, 0.2) is 84.0 Å². The molecule has 0 fully saturated rings. The maximum atomic E-state index is 13.5. The van der Waals surface area contributed by atoms with E-state index in [1.54, 1.807) is 18.3 Å². The van der Waals surface area contributed by atoms with Crippen LogP contribution in [0.1, 0.15) is 11.1 Å². The molecule has 0 saturated carbocycles. The van der Waals surface area contributed by atoms with Gasteiger partial charge in [-0.2, -0.15) is 14.9 Å². The molecule has 0 saturated heterocycles. The SMILES string of the molecule is Fc1cccc(-c2n[nH]c(=S)n2/N=C/c2ccc(OCc3ccccc3)cc2)c1. The predicted octanol–water partition coefficient (Wildman–Crippen LogP) is 5.21. The van der Waals surface area contributed by atoms with E-state index in [-0.39, 0.29) is 5.82 Å². The summed E-state index contributed by atoms with van der Waals surface area (Å²) in [5.41, 5.74) is 2.56. The number of hydrogen-bond donors (Lipinski definition) is 1. The minimum absolute atomic E-state index is 0.323. The van der Waals surface area contributed by atoms with Crippen molar-refractivity contribution in [3.8, 4) is 17.1 Å². The predicted molar refractivity (Wildman–Crippen MR) is 113 cm³/mol. The second-order valence-corrected chi connectivity index (χ2v) is 6.65. The number of ether oxygens (including phenoxy) is 1. The summed E-state index contributed by atoms with van der Waals surface area (Å²) in [6.45, 7) is 0.509. The van der Waals surface area contributed by atoms with E-state index in [9.17, 15) is 4.39 Å². The molecule has 0 atom stereocenters. The smallest absolute Gasteiger partial charge is 0.216 e. The van der Waals surface area contributed by atoms with Crippen molar-refractivity contribution in [3.63, 3.8) is 0 Å². The Morgan fingerprint density at radius 3 is 2.59 bits per heavy atom.